The summed E-state index contributed by atoms with van der Waals surface area (Å²) in [5, 5.41) is 13.0. The summed E-state index contributed by atoms with van der Waals surface area (Å²) in [7, 11) is 1.67. The fourth-order valence-corrected chi connectivity index (χ4v) is 3.14. The molecule has 4 nitrogen and oxygen atoms in total. The van der Waals surface area contributed by atoms with Crippen molar-refractivity contribution in [3.05, 3.63) is 59.4 Å². The molecule has 1 aliphatic heterocycles. The van der Waals surface area contributed by atoms with Crippen LogP contribution in [0.1, 0.15) is 17.2 Å². The molecule has 0 bridgehead atoms. The highest BCUT2D eigenvalue weighted by molar-refractivity contribution is 5.85. The molecule has 1 atom stereocenters. The smallest absolute Gasteiger partial charge is 0.127 e. The number of hydrogen-bond acceptors (Lipinski definition) is 4. The Hall–Kier alpha value is -1.82. The molecule has 1 heterocycles. The van der Waals surface area contributed by atoms with E-state index in [1.54, 1.807) is 13.2 Å². The summed E-state index contributed by atoms with van der Waals surface area (Å²) in [6, 6.07) is 12.3. The topological polar surface area (TPSA) is 44.7 Å². The lowest BCUT2D eigenvalue weighted by Gasteiger charge is -2.37. The molecule has 2 aromatic carbocycles. The molecule has 1 fully saturated rings. The van der Waals surface area contributed by atoms with E-state index in [0.29, 0.717) is 6.54 Å². The van der Waals surface area contributed by atoms with Crippen LogP contribution in [0.2, 0.25) is 0 Å². The summed E-state index contributed by atoms with van der Waals surface area (Å²) in [6.45, 7) is 3.12. The van der Waals surface area contributed by atoms with Gasteiger partial charge in [0.15, 0.2) is 0 Å². The predicted molar refractivity (Wildman–Crippen MR) is 94.3 cm³/mol. The number of piperazine rings is 1. The first kappa shape index (κ1) is 18.5. The van der Waals surface area contributed by atoms with Crippen molar-refractivity contribution >= 4 is 12.4 Å². The van der Waals surface area contributed by atoms with Crippen LogP contribution in [0.15, 0.2) is 42.5 Å². The molecule has 6 heteroatoms. The highest BCUT2D eigenvalue weighted by Gasteiger charge is 2.26. The van der Waals surface area contributed by atoms with E-state index in [4.69, 9.17) is 4.74 Å². The number of phenols is 1. The molecule has 0 aliphatic carbocycles. The summed E-state index contributed by atoms with van der Waals surface area (Å²) in [4.78, 5) is 2.28. The Kier molecular flexibility index (Phi) is 6.43. The molecule has 1 aliphatic rings. The minimum atomic E-state index is -0.413. The molecule has 0 spiro atoms. The maximum absolute atomic E-state index is 13.5. The largest absolute Gasteiger partial charge is 0.508 e. The van der Waals surface area contributed by atoms with E-state index < -0.39 is 5.82 Å². The number of para-hydroxylation sites is 1. The normalized spacial score (nSPS) is 18.0. The molecular weight excluding hydrogens is 331 g/mol. The van der Waals surface area contributed by atoms with Crippen LogP contribution in [-0.2, 0) is 6.54 Å². The van der Waals surface area contributed by atoms with Crippen LogP contribution >= 0.6 is 12.4 Å². The lowest BCUT2D eigenvalue weighted by Crippen LogP contribution is -2.45. The number of methoxy groups -OCH3 is 1. The van der Waals surface area contributed by atoms with Gasteiger partial charge in [-0.25, -0.2) is 4.39 Å². The van der Waals surface area contributed by atoms with Gasteiger partial charge >= 0.3 is 0 Å². The highest BCUT2D eigenvalue weighted by Crippen LogP contribution is 2.31. The number of phenolic OH excluding ortho intramolecular Hbond substituents is 1. The summed E-state index contributed by atoms with van der Waals surface area (Å²) in [5.41, 5.74) is 1.88. The number of nitrogens with zero attached hydrogens (tertiary/aromatic N) is 1. The zero-order valence-corrected chi connectivity index (χ0v) is 14.4. The Balaban J connectivity index is 0.00000208. The van der Waals surface area contributed by atoms with Gasteiger partial charge in [0.25, 0.3) is 0 Å². The second-order valence-electron chi connectivity index (χ2n) is 5.75. The first-order valence-electron chi connectivity index (χ1n) is 7.73. The van der Waals surface area contributed by atoms with Gasteiger partial charge in [0.2, 0.25) is 0 Å². The predicted octanol–water partition coefficient (Wildman–Crippen LogP) is 3.11. The van der Waals surface area contributed by atoms with Gasteiger partial charge in [-0.15, -0.1) is 12.4 Å². The molecular formula is C18H22ClFN2O2. The van der Waals surface area contributed by atoms with Crippen molar-refractivity contribution in [1.82, 2.24) is 10.2 Å². The third kappa shape index (κ3) is 4.17. The van der Waals surface area contributed by atoms with Crippen molar-refractivity contribution in [3.63, 3.8) is 0 Å². The van der Waals surface area contributed by atoms with Gasteiger partial charge in [-0.2, -0.15) is 0 Å². The first-order valence-corrected chi connectivity index (χ1v) is 7.73. The fraction of sp³-hybridized carbons (Fsp3) is 0.333. The van der Waals surface area contributed by atoms with E-state index in [9.17, 15) is 9.50 Å². The van der Waals surface area contributed by atoms with Gasteiger partial charge < -0.3 is 15.2 Å². The molecule has 0 saturated carbocycles. The van der Waals surface area contributed by atoms with Gasteiger partial charge in [-0.05, 0) is 23.8 Å². The summed E-state index contributed by atoms with van der Waals surface area (Å²) < 4.78 is 19.0. The van der Waals surface area contributed by atoms with Crippen LogP contribution in [0.25, 0.3) is 0 Å². The van der Waals surface area contributed by atoms with Crippen LogP contribution in [0.3, 0.4) is 0 Å². The number of benzene rings is 2. The number of halogens is 2. The van der Waals surface area contributed by atoms with Crippen molar-refractivity contribution in [3.8, 4) is 11.5 Å². The maximum Gasteiger partial charge on any atom is 0.127 e. The van der Waals surface area contributed by atoms with Crippen LogP contribution < -0.4 is 10.1 Å². The van der Waals surface area contributed by atoms with Gasteiger partial charge in [-0.1, -0.05) is 18.2 Å². The van der Waals surface area contributed by atoms with E-state index >= 15 is 0 Å². The monoisotopic (exact) mass is 352 g/mol. The Morgan fingerprint density at radius 3 is 2.83 bits per heavy atom. The quantitative estimate of drug-likeness (QED) is 0.887. The van der Waals surface area contributed by atoms with E-state index in [0.717, 1.165) is 42.6 Å². The standard InChI is InChI=1S/C18H21FN2O2.ClH/c1-23-18-5-3-2-4-16(18)17-11-20-6-7-21(17)12-13-8-14(19)10-15(22)9-13;/h2-5,8-10,17,20,22H,6-7,11-12H2,1H3;1H. The van der Waals surface area contributed by atoms with E-state index in [-0.39, 0.29) is 24.2 Å². The Morgan fingerprint density at radius 2 is 2.08 bits per heavy atom. The van der Waals surface area contributed by atoms with Crippen LogP contribution in [0, 0.1) is 5.82 Å². The number of aromatic hydroxyl groups is 1. The molecule has 1 unspecified atom stereocenters. The number of nitrogens with one attached hydrogen (secondary N) is 1. The van der Waals surface area contributed by atoms with Gasteiger partial charge in [0.1, 0.15) is 17.3 Å². The van der Waals surface area contributed by atoms with Crippen LogP contribution in [-0.4, -0.2) is 36.8 Å². The second kappa shape index (κ2) is 8.33. The van der Waals surface area contributed by atoms with E-state index in [1.165, 1.54) is 6.07 Å². The minimum Gasteiger partial charge on any atom is -0.508 e. The number of ether oxygens (including phenoxy) is 1. The van der Waals surface area contributed by atoms with Gasteiger partial charge in [0.05, 0.1) is 13.2 Å². The third-order valence-corrected chi connectivity index (χ3v) is 4.18. The lowest BCUT2D eigenvalue weighted by molar-refractivity contribution is 0.151. The van der Waals surface area contributed by atoms with Crippen LogP contribution in [0.5, 0.6) is 11.5 Å². The minimum absolute atomic E-state index is 0. The fourth-order valence-electron chi connectivity index (χ4n) is 3.14. The molecule has 1 saturated heterocycles. The van der Waals surface area contributed by atoms with Crippen molar-refractivity contribution in [2.24, 2.45) is 0 Å². The Labute approximate surface area is 147 Å². The van der Waals surface area contributed by atoms with Crippen molar-refractivity contribution < 1.29 is 14.2 Å². The second-order valence-corrected chi connectivity index (χ2v) is 5.75. The van der Waals surface area contributed by atoms with Crippen LogP contribution in [0.4, 0.5) is 4.39 Å². The SMILES string of the molecule is COc1ccccc1C1CNCCN1Cc1cc(O)cc(F)c1.Cl. The van der Waals surface area contributed by atoms with Gasteiger partial charge in [-0.3, -0.25) is 4.90 Å². The molecule has 2 aromatic rings. The summed E-state index contributed by atoms with van der Waals surface area (Å²) >= 11 is 0. The molecule has 3 rings (SSSR count). The van der Waals surface area contributed by atoms with Gasteiger partial charge in [0, 0.05) is 37.8 Å². The summed E-state index contributed by atoms with van der Waals surface area (Å²) in [5.74, 6) is 0.404. The van der Waals surface area contributed by atoms with Crippen molar-refractivity contribution in [1.29, 1.82) is 0 Å². The average Bonchev–Trinajstić information content (AvgIpc) is 2.54. The summed E-state index contributed by atoms with van der Waals surface area (Å²) in [6.07, 6.45) is 0. The maximum atomic E-state index is 13.5. The molecule has 0 radical (unpaired) electrons. The first-order chi connectivity index (χ1) is 11.2. The molecule has 0 aromatic heterocycles. The Bertz CT molecular complexity index is 664. The molecule has 2 N–H and O–H groups in total. The Morgan fingerprint density at radius 1 is 1.29 bits per heavy atom. The average molecular weight is 353 g/mol. The number of rotatable bonds is 4. The molecule has 24 heavy (non-hydrogen) atoms. The number of hydrogen-bond donors (Lipinski definition) is 2. The molecule has 130 valence electrons. The zero-order valence-electron chi connectivity index (χ0n) is 13.5. The van der Waals surface area contributed by atoms with Crippen molar-refractivity contribution in [2.75, 3.05) is 26.7 Å². The molecule has 0 amide bonds. The highest BCUT2D eigenvalue weighted by atomic mass is 35.5. The van der Waals surface area contributed by atoms with Crippen molar-refractivity contribution in [2.45, 2.75) is 12.6 Å². The third-order valence-electron chi connectivity index (χ3n) is 4.18. The zero-order chi connectivity index (χ0) is 16.2. The van der Waals surface area contributed by atoms with E-state index in [2.05, 4.69) is 16.3 Å². The van der Waals surface area contributed by atoms with E-state index in [1.807, 2.05) is 18.2 Å². The lowest BCUT2D eigenvalue weighted by atomic mass is 10.0.